The molecule has 0 aromatic heterocycles. The van der Waals surface area contributed by atoms with Crippen LogP contribution in [0.3, 0.4) is 0 Å². The number of ether oxygens (including phenoxy) is 2. The summed E-state index contributed by atoms with van der Waals surface area (Å²) in [7, 11) is 0. The zero-order valence-corrected chi connectivity index (χ0v) is 18.4. The fourth-order valence-electron chi connectivity index (χ4n) is 4.31. The Balaban J connectivity index is 1.43. The first kappa shape index (κ1) is 21.9. The summed E-state index contributed by atoms with van der Waals surface area (Å²) in [6.07, 6.45) is 12.4. The van der Waals surface area contributed by atoms with Gasteiger partial charge in [0, 0.05) is 0 Å². The van der Waals surface area contributed by atoms with E-state index in [0.717, 1.165) is 24.7 Å². The largest absolute Gasteiger partial charge is 0.494 e. The first-order valence-electron chi connectivity index (χ1n) is 11.7. The van der Waals surface area contributed by atoms with Gasteiger partial charge in [-0.05, 0) is 60.9 Å². The highest BCUT2D eigenvalue weighted by molar-refractivity contribution is 5.64. The molecular formula is C27H38O2. The Bertz CT molecular complexity index is 681. The van der Waals surface area contributed by atoms with Crippen LogP contribution in [0.1, 0.15) is 83.3 Å². The molecule has 1 heterocycles. The van der Waals surface area contributed by atoms with E-state index in [-0.39, 0.29) is 6.10 Å². The number of unbranched alkanes of at least 4 members (excludes halogenated alkanes) is 5. The third-order valence-electron chi connectivity index (χ3n) is 6.12. The minimum atomic E-state index is 0.269. The molecule has 2 aromatic carbocycles. The minimum Gasteiger partial charge on any atom is -0.494 e. The van der Waals surface area contributed by atoms with Gasteiger partial charge in [0.2, 0.25) is 0 Å². The van der Waals surface area contributed by atoms with Crippen LogP contribution in [0.15, 0.2) is 48.5 Å². The standard InChI is InChI=1S/C27H38O2/c1-3-5-6-7-8-9-10-22-11-20-27(29-21-22)25-14-12-23(13-15-25)24-16-18-26(19-17-24)28-4-2/h12-19,22,27H,3-11,20-21H2,1-2H3. The molecule has 29 heavy (non-hydrogen) atoms. The van der Waals surface area contributed by atoms with Gasteiger partial charge in [-0.3, -0.25) is 0 Å². The van der Waals surface area contributed by atoms with E-state index < -0.39 is 0 Å². The van der Waals surface area contributed by atoms with Crippen molar-refractivity contribution in [3.05, 3.63) is 54.1 Å². The van der Waals surface area contributed by atoms with Crippen LogP contribution in [-0.2, 0) is 4.74 Å². The molecule has 3 rings (SSSR count). The minimum absolute atomic E-state index is 0.269. The van der Waals surface area contributed by atoms with Gasteiger partial charge < -0.3 is 9.47 Å². The molecule has 0 amide bonds. The van der Waals surface area contributed by atoms with Crippen LogP contribution < -0.4 is 4.74 Å². The fraction of sp³-hybridized carbons (Fsp3) is 0.556. The highest BCUT2D eigenvalue weighted by Crippen LogP contribution is 2.34. The maximum absolute atomic E-state index is 6.24. The normalized spacial score (nSPS) is 19.2. The summed E-state index contributed by atoms with van der Waals surface area (Å²) in [6.45, 7) is 5.93. The van der Waals surface area contributed by atoms with E-state index in [4.69, 9.17) is 9.47 Å². The fourth-order valence-corrected chi connectivity index (χ4v) is 4.31. The predicted octanol–water partition coefficient (Wildman–Crippen LogP) is 7.97. The van der Waals surface area contributed by atoms with Crippen LogP contribution in [0.25, 0.3) is 11.1 Å². The van der Waals surface area contributed by atoms with Gasteiger partial charge >= 0.3 is 0 Å². The van der Waals surface area contributed by atoms with E-state index in [1.807, 2.05) is 19.1 Å². The van der Waals surface area contributed by atoms with Crippen LogP contribution in [0.5, 0.6) is 5.75 Å². The van der Waals surface area contributed by atoms with Crippen molar-refractivity contribution < 1.29 is 9.47 Å². The summed E-state index contributed by atoms with van der Waals surface area (Å²) in [4.78, 5) is 0. The van der Waals surface area contributed by atoms with E-state index in [9.17, 15) is 0 Å². The first-order chi connectivity index (χ1) is 14.3. The van der Waals surface area contributed by atoms with Crippen molar-refractivity contribution in [2.75, 3.05) is 13.2 Å². The molecule has 2 nitrogen and oxygen atoms in total. The summed E-state index contributed by atoms with van der Waals surface area (Å²) < 4.78 is 11.8. The molecule has 0 bridgehead atoms. The molecule has 0 aliphatic carbocycles. The van der Waals surface area contributed by atoms with Gasteiger partial charge in [0.25, 0.3) is 0 Å². The molecule has 0 saturated carbocycles. The lowest BCUT2D eigenvalue weighted by Crippen LogP contribution is -2.20. The summed E-state index contributed by atoms with van der Waals surface area (Å²) >= 11 is 0. The van der Waals surface area contributed by atoms with Gasteiger partial charge in [-0.2, -0.15) is 0 Å². The predicted molar refractivity (Wildman–Crippen MR) is 122 cm³/mol. The summed E-state index contributed by atoms with van der Waals surface area (Å²) in [6, 6.07) is 17.3. The smallest absolute Gasteiger partial charge is 0.119 e. The second-order valence-electron chi connectivity index (χ2n) is 8.40. The van der Waals surface area contributed by atoms with Crippen molar-refractivity contribution in [1.82, 2.24) is 0 Å². The van der Waals surface area contributed by atoms with Gasteiger partial charge in [-0.1, -0.05) is 81.8 Å². The number of rotatable bonds is 11. The molecule has 2 aromatic rings. The van der Waals surface area contributed by atoms with Crippen LogP contribution in [0.4, 0.5) is 0 Å². The topological polar surface area (TPSA) is 18.5 Å². The maximum Gasteiger partial charge on any atom is 0.119 e. The molecule has 0 spiro atoms. The average molecular weight is 395 g/mol. The van der Waals surface area contributed by atoms with Crippen LogP contribution in [-0.4, -0.2) is 13.2 Å². The third-order valence-corrected chi connectivity index (χ3v) is 6.12. The molecule has 1 aliphatic heterocycles. The van der Waals surface area contributed by atoms with Crippen molar-refractivity contribution in [3.8, 4) is 16.9 Å². The Kier molecular flexibility index (Phi) is 9.08. The summed E-state index contributed by atoms with van der Waals surface area (Å²) in [5.74, 6) is 1.69. The molecule has 158 valence electrons. The van der Waals surface area contributed by atoms with Crippen LogP contribution in [0.2, 0.25) is 0 Å². The monoisotopic (exact) mass is 394 g/mol. The molecule has 1 aliphatic rings. The van der Waals surface area contributed by atoms with Gasteiger partial charge in [0.05, 0.1) is 19.3 Å². The Morgan fingerprint density at radius 3 is 2.07 bits per heavy atom. The second kappa shape index (κ2) is 12.0. The quantitative estimate of drug-likeness (QED) is 0.360. The molecule has 0 radical (unpaired) electrons. The zero-order valence-electron chi connectivity index (χ0n) is 18.4. The lowest BCUT2D eigenvalue weighted by molar-refractivity contribution is -0.0199. The van der Waals surface area contributed by atoms with Crippen LogP contribution >= 0.6 is 0 Å². The van der Waals surface area contributed by atoms with Crippen molar-refractivity contribution in [2.45, 2.75) is 77.7 Å². The first-order valence-corrected chi connectivity index (χ1v) is 11.7. The lowest BCUT2D eigenvalue weighted by atomic mass is 9.90. The van der Waals surface area contributed by atoms with Crippen LogP contribution in [0, 0.1) is 5.92 Å². The Labute approximate surface area is 177 Å². The van der Waals surface area contributed by atoms with Gasteiger partial charge in [0.15, 0.2) is 0 Å². The van der Waals surface area contributed by atoms with E-state index in [1.54, 1.807) is 0 Å². The molecular weight excluding hydrogens is 356 g/mol. The molecule has 1 saturated heterocycles. The Morgan fingerprint density at radius 1 is 0.793 bits per heavy atom. The average Bonchev–Trinajstić information content (AvgIpc) is 2.78. The van der Waals surface area contributed by atoms with E-state index >= 15 is 0 Å². The third kappa shape index (κ3) is 6.89. The van der Waals surface area contributed by atoms with Crippen molar-refractivity contribution in [1.29, 1.82) is 0 Å². The van der Waals surface area contributed by atoms with E-state index in [0.29, 0.717) is 6.61 Å². The zero-order chi connectivity index (χ0) is 20.3. The van der Waals surface area contributed by atoms with Gasteiger partial charge in [0.1, 0.15) is 5.75 Å². The van der Waals surface area contributed by atoms with Crippen molar-refractivity contribution in [2.24, 2.45) is 5.92 Å². The number of hydrogen-bond acceptors (Lipinski definition) is 2. The summed E-state index contributed by atoms with van der Waals surface area (Å²) in [5.41, 5.74) is 3.79. The van der Waals surface area contributed by atoms with E-state index in [2.05, 4.69) is 43.3 Å². The summed E-state index contributed by atoms with van der Waals surface area (Å²) in [5, 5.41) is 0. The van der Waals surface area contributed by atoms with Crippen molar-refractivity contribution >= 4 is 0 Å². The van der Waals surface area contributed by atoms with E-state index in [1.165, 1.54) is 68.1 Å². The second-order valence-corrected chi connectivity index (χ2v) is 8.40. The Hall–Kier alpha value is -1.80. The lowest BCUT2D eigenvalue weighted by Gasteiger charge is -2.29. The number of hydrogen-bond donors (Lipinski definition) is 0. The Morgan fingerprint density at radius 2 is 1.45 bits per heavy atom. The maximum atomic E-state index is 6.24. The molecule has 2 heteroatoms. The molecule has 1 fully saturated rings. The SMILES string of the molecule is CCCCCCCCC1CCC(c2ccc(-c3ccc(OCC)cc3)cc2)OC1. The molecule has 2 atom stereocenters. The highest BCUT2D eigenvalue weighted by Gasteiger charge is 2.22. The van der Waals surface area contributed by atoms with Gasteiger partial charge in [-0.25, -0.2) is 0 Å². The highest BCUT2D eigenvalue weighted by atomic mass is 16.5. The van der Waals surface area contributed by atoms with Crippen molar-refractivity contribution in [3.63, 3.8) is 0 Å². The molecule has 0 N–H and O–H groups in total. The molecule has 2 unspecified atom stereocenters. The van der Waals surface area contributed by atoms with Gasteiger partial charge in [-0.15, -0.1) is 0 Å². The number of benzene rings is 2.